The van der Waals surface area contributed by atoms with Crippen molar-refractivity contribution in [1.29, 1.82) is 0 Å². The average Bonchev–Trinajstić information content (AvgIpc) is 2.91. The molecule has 1 heterocycles. The molecule has 0 radical (unpaired) electrons. The minimum atomic E-state index is 0.194. The number of carbonyl (C=O) groups excluding carboxylic acids is 1. The maximum Gasteiger partial charge on any atom is 0.176 e. The van der Waals surface area contributed by atoms with Crippen LogP contribution in [-0.2, 0) is 4.74 Å². The molecule has 104 valence electrons. The average molecular weight is 261 g/mol. The predicted molar refractivity (Wildman–Crippen MR) is 76.6 cm³/mol. The van der Waals surface area contributed by atoms with E-state index in [9.17, 15) is 4.79 Å². The summed E-state index contributed by atoms with van der Waals surface area (Å²) in [5.74, 6) is 0.194. The zero-order valence-electron chi connectivity index (χ0n) is 11.9. The van der Waals surface area contributed by atoms with Gasteiger partial charge in [-0.15, -0.1) is 0 Å². The fourth-order valence-corrected chi connectivity index (χ4v) is 2.42. The number of rotatable bonds is 6. The van der Waals surface area contributed by atoms with Gasteiger partial charge in [0.25, 0.3) is 0 Å². The number of ether oxygens (including phenoxy) is 1. The molecule has 3 heteroatoms. The third-order valence-corrected chi connectivity index (χ3v) is 3.67. The van der Waals surface area contributed by atoms with Crippen molar-refractivity contribution in [3.8, 4) is 0 Å². The highest BCUT2D eigenvalue weighted by molar-refractivity contribution is 5.97. The van der Waals surface area contributed by atoms with E-state index in [1.807, 2.05) is 31.2 Å². The molecule has 1 aromatic carbocycles. The van der Waals surface area contributed by atoms with E-state index in [1.54, 1.807) is 0 Å². The second-order valence-corrected chi connectivity index (χ2v) is 5.25. The standard InChI is InChI=1S/C16H23NO2/c1-3-17(11-15-5-4-10-19-15)12-16(18)14-8-6-13(2)7-9-14/h6-9,15H,3-5,10-12H2,1-2H3. The molecule has 0 aromatic heterocycles. The Kier molecular flexibility index (Phi) is 5.11. The topological polar surface area (TPSA) is 29.5 Å². The third kappa shape index (κ3) is 4.15. The van der Waals surface area contributed by atoms with E-state index >= 15 is 0 Å². The van der Waals surface area contributed by atoms with Gasteiger partial charge in [0, 0.05) is 18.7 Å². The summed E-state index contributed by atoms with van der Waals surface area (Å²) < 4.78 is 5.64. The zero-order chi connectivity index (χ0) is 13.7. The monoisotopic (exact) mass is 261 g/mol. The molecule has 1 aliphatic heterocycles. The number of aryl methyl sites for hydroxylation is 1. The van der Waals surface area contributed by atoms with Gasteiger partial charge in [0.2, 0.25) is 0 Å². The van der Waals surface area contributed by atoms with Gasteiger partial charge in [-0.3, -0.25) is 9.69 Å². The molecule has 0 N–H and O–H groups in total. The van der Waals surface area contributed by atoms with Crippen molar-refractivity contribution in [2.24, 2.45) is 0 Å². The molecular weight excluding hydrogens is 238 g/mol. The second-order valence-electron chi connectivity index (χ2n) is 5.25. The highest BCUT2D eigenvalue weighted by Crippen LogP contribution is 2.14. The number of hydrogen-bond acceptors (Lipinski definition) is 3. The Balaban J connectivity index is 1.89. The number of benzene rings is 1. The molecule has 1 aromatic rings. The Labute approximate surface area is 115 Å². The van der Waals surface area contributed by atoms with Gasteiger partial charge in [0.15, 0.2) is 5.78 Å². The van der Waals surface area contributed by atoms with Gasteiger partial charge in [-0.1, -0.05) is 36.8 Å². The van der Waals surface area contributed by atoms with Gasteiger partial charge < -0.3 is 4.74 Å². The summed E-state index contributed by atoms with van der Waals surface area (Å²) in [5, 5.41) is 0. The van der Waals surface area contributed by atoms with Gasteiger partial charge in [-0.25, -0.2) is 0 Å². The fourth-order valence-electron chi connectivity index (χ4n) is 2.42. The smallest absolute Gasteiger partial charge is 0.176 e. The lowest BCUT2D eigenvalue weighted by Gasteiger charge is -2.22. The molecule has 1 saturated heterocycles. The Morgan fingerprint density at radius 1 is 1.37 bits per heavy atom. The summed E-state index contributed by atoms with van der Waals surface area (Å²) in [7, 11) is 0. The number of Topliss-reactive ketones (excluding diaryl/α,β-unsaturated/α-hetero) is 1. The van der Waals surface area contributed by atoms with E-state index in [2.05, 4.69) is 11.8 Å². The summed E-state index contributed by atoms with van der Waals surface area (Å²) in [6.45, 7) is 7.24. The maximum absolute atomic E-state index is 12.2. The van der Waals surface area contributed by atoms with Crippen molar-refractivity contribution in [1.82, 2.24) is 4.90 Å². The summed E-state index contributed by atoms with van der Waals surface area (Å²) in [4.78, 5) is 14.4. The molecule has 0 aliphatic carbocycles. The van der Waals surface area contributed by atoms with Crippen LogP contribution in [0.2, 0.25) is 0 Å². The van der Waals surface area contributed by atoms with Crippen molar-refractivity contribution in [2.75, 3.05) is 26.2 Å². The van der Waals surface area contributed by atoms with Crippen molar-refractivity contribution in [3.63, 3.8) is 0 Å². The Hall–Kier alpha value is -1.19. The van der Waals surface area contributed by atoms with Crippen LogP contribution < -0.4 is 0 Å². The normalized spacial score (nSPS) is 19.0. The quantitative estimate of drug-likeness (QED) is 0.737. The predicted octanol–water partition coefficient (Wildman–Crippen LogP) is 2.68. The van der Waals surface area contributed by atoms with Gasteiger partial charge in [-0.2, -0.15) is 0 Å². The maximum atomic E-state index is 12.2. The molecule has 2 rings (SSSR count). The van der Waals surface area contributed by atoms with Gasteiger partial charge >= 0.3 is 0 Å². The Bertz CT molecular complexity index is 407. The van der Waals surface area contributed by atoms with E-state index < -0.39 is 0 Å². The van der Waals surface area contributed by atoms with Crippen molar-refractivity contribution < 1.29 is 9.53 Å². The van der Waals surface area contributed by atoms with Crippen LogP contribution in [0.1, 0.15) is 35.7 Å². The lowest BCUT2D eigenvalue weighted by Crippen LogP contribution is -2.36. The van der Waals surface area contributed by atoms with Crippen LogP contribution in [0.4, 0.5) is 0 Å². The van der Waals surface area contributed by atoms with E-state index in [0.29, 0.717) is 12.6 Å². The van der Waals surface area contributed by atoms with Crippen LogP contribution in [0.15, 0.2) is 24.3 Å². The first-order valence-electron chi connectivity index (χ1n) is 7.13. The first kappa shape index (κ1) is 14.2. The molecule has 1 atom stereocenters. The lowest BCUT2D eigenvalue weighted by atomic mass is 10.1. The SMILES string of the molecule is CCN(CC(=O)c1ccc(C)cc1)CC1CCCO1. The Morgan fingerprint density at radius 2 is 2.11 bits per heavy atom. The molecule has 0 spiro atoms. The fraction of sp³-hybridized carbons (Fsp3) is 0.562. The van der Waals surface area contributed by atoms with Crippen molar-refractivity contribution >= 4 is 5.78 Å². The molecule has 19 heavy (non-hydrogen) atoms. The number of nitrogens with zero attached hydrogens (tertiary/aromatic N) is 1. The summed E-state index contributed by atoms with van der Waals surface area (Å²) in [5.41, 5.74) is 1.99. The van der Waals surface area contributed by atoms with Crippen LogP contribution in [0.5, 0.6) is 0 Å². The molecule has 1 aliphatic rings. The zero-order valence-corrected chi connectivity index (χ0v) is 11.9. The van der Waals surface area contributed by atoms with E-state index in [4.69, 9.17) is 4.74 Å². The van der Waals surface area contributed by atoms with Crippen LogP contribution in [0.3, 0.4) is 0 Å². The van der Waals surface area contributed by atoms with E-state index in [1.165, 1.54) is 5.56 Å². The van der Waals surface area contributed by atoms with Gasteiger partial charge in [0.1, 0.15) is 0 Å². The van der Waals surface area contributed by atoms with Gasteiger partial charge in [0.05, 0.1) is 12.6 Å². The third-order valence-electron chi connectivity index (χ3n) is 3.67. The summed E-state index contributed by atoms with van der Waals surface area (Å²) in [6.07, 6.45) is 2.58. The number of carbonyl (C=O) groups is 1. The molecule has 0 saturated carbocycles. The summed E-state index contributed by atoms with van der Waals surface area (Å²) >= 11 is 0. The molecule has 3 nitrogen and oxygen atoms in total. The van der Waals surface area contributed by atoms with Crippen molar-refractivity contribution in [2.45, 2.75) is 32.8 Å². The molecule has 1 unspecified atom stereocenters. The van der Waals surface area contributed by atoms with Gasteiger partial charge in [-0.05, 0) is 26.3 Å². The second kappa shape index (κ2) is 6.83. The van der Waals surface area contributed by atoms with Crippen LogP contribution in [0.25, 0.3) is 0 Å². The van der Waals surface area contributed by atoms with Crippen LogP contribution >= 0.6 is 0 Å². The van der Waals surface area contributed by atoms with Crippen LogP contribution in [-0.4, -0.2) is 43.0 Å². The minimum absolute atomic E-state index is 0.194. The highest BCUT2D eigenvalue weighted by Gasteiger charge is 2.20. The first-order chi connectivity index (χ1) is 9.19. The van der Waals surface area contributed by atoms with E-state index in [0.717, 1.165) is 38.1 Å². The molecule has 0 amide bonds. The summed E-state index contributed by atoms with van der Waals surface area (Å²) in [6, 6.07) is 7.81. The minimum Gasteiger partial charge on any atom is -0.377 e. The largest absolute Gasteiger partial charge is 0.377 e. The van der Waals surface area contributed by atoms with Crippen molar-refractivity contribution in [3.05, 3.63) is 35.4 Å². The molecule has 1 fully saturated rings. The highest BCUT2D eigenvalue weighted by atomic mass is 16.5. The van der Waals surface area contributed by atoms with E-state index in [-0.39, 0.29) is 5.78 Å². The number of likely N-dealkylation sites (N-methyl/N-ethyl adjacent to an activating group) is 1. The first-order valence-corrected chi connectivity index (χ1v) is 7.13. The lowest BCUT2D eigenvalue weighted by molar-refractivity contribution is 0.0686. The Morgan fingerprint density at radius 3 is 2.68 bits per heavy atom. The van der Waals surface area contributed by atoms with Crippen LogP contribution in [0, 0.1) is 6.92 Å². The number of hydrogen-bond donors (Lipinski definition) is 0. The number of ketones is 1. The molecule has 0 bridgehead atoms. The molecular formula is C16H23NO2.